The largest absolute Gasteiger partial charge is 0.497 e. The maximum Gasteiger partial charge on any atom is 0.163 e. The number of hydrogen-bond donors (Lipinski definition) is 1. The molecule has 0 aliphatic heterocycles. The lowest BCUT2D eigenvalue weighted by Crippen LogP contribution is -2.02. The van der Waals surface area contributed by atoms with E-state index in [0.29, 0.717) is 35.3 Å². The molecule has 5 aromatic rings. The standard InChI is InChI=1S/C24H20N4O3S/c1-29-16-8-9-18(21(13-16)30-2)20-12-17(31-28-20)14-25-23-19-10-11-32-24(19)27-22(26-23)15-6-4-3-5-7-15/h3-13H,14H2,1-2H3,(H,25,26,27). The summed E-state index contributed by atoms with van der Waals surface area (Å²) in [6, 6.07) is 19.4. The van der Waals surface area contributed by atoms with E-state index in [-0.39, 0.29) is 0 Å². The number of hydrogen-bond acceptors (Lipinski definition) is 8. The summed E-state index contributed by atoms with van der Waals surface area (Å²) in [4.78, 5) is 10.4. The molecule has 8 heteroatoms. The molecule has 3 heterocycles. The van der Waals surface area contributed by atoms with E-state index in [1.807, 2.05) is 66.0 Å². The molecular formula is C24H20N4O3S. The van der Waals surface area contributed by atoms with Crippen molar-refractivity contribution in [2.24, 2.45) is 0 Å². The van der Waals surface area contributed by atoms with Gasteiger partial charge in [0.05, 0.1) is 26.2 Å². The molecule has 0 radical (unpaired) electrons. The van der Waals surface area contributed by atoms with Crippen LogP contribution in [0, 0.1) is 0 Å². The van der Waals surface area contributed by atoms with E-state index in [0.717, 1.165) is 27.2 Å². The highest BCUT2D eigenvalue weighted by Gasteiger charge is 2.14. The van der Waals surface area contributed by atoms with Crippen LogP contribution in [0.4, 0.5) is 5.82 Å². The smallest absolute Gasteiger partial charge is 0.163 e. The van der Waals surface area contributed by atoms with Gasteiger partial charge < -0.3 is 19.3 Å². The highest BCUT2D eigenvalue weighted by atomic mass is 32.1. The highest BCUT2D eigenvalue weighted by Crippen LogP contribution is 2.33. The molecule has 1 N–H and O–H groups in total. The van der Waals surface area contributed by atoms with Gasteiger partial charge in [-0.25, -0.2) is 9.97 Å². The summed E-state index contributed by atoms with van der Waals surface area (Å²) < 4.78 is 16.3. The lowest BCUT2D eigenvalue weighted by atomic mass is 10.1. The lowest BCUT2D eigenvalue weighted by molar-refractivity contribution is 0.386. The molecule has 0 aliphatic carbocycles. The van der Waals surface area contributed by atoms with Crippen LogP contribution in [0.2, 0.25) is 0 Å². The molecule has 2 aromatic carbocycles. The Morgan fingerprint density at radius 3 is 2.66 bits per heavy atom. The van der Waals surface area contributed by atoms with Crippen molar-refractivity contribution in [2.45, 2.75) is 6.54 Å². The summed E-state index contributed by atoms with van der Waals surface area (Å²) in [6.07, 6.45) is 0. The first-order valence-electron chi connectivity index (χ1n) is 9.97. The number of anilines is 1. The third-order valence-electron chi connectivity index (χ3n) is 5.03. The zero-order chi connectivity index (χ0) is 21.9. The summed E-state index contributed by atoms with van der Waals surface area (Å²) in [5, 5.41) is 10.6. The molecule has 0 spiro atoms. The van der Waals surface area contributed by atoms with Crippen molar-refractivity contribution >= 4 is 27.4 Å². The summed E-state index contributed by atoms with van der Waals surface area (Å²) in [5.41, 5.74) is 2.49. The van der Waals surface area contributed by atoms with Crippen LogP contribution < -0.4 is 14.8 Å². The number of ether oxygens (including phenoxy) is 2. The van der Waals surface area contributed by atoms with Crippen molar-refractivity contribution in [3.8, 4) is 34.1 Å². The van der Waals surface area contributed by atoms with Crippen molar-refractivity contribution in [3.63, 3.8) is 0 Å². The zero-order valence-electron chi connectivity index (χ0n) is 17.5. The monoisotopic (exact) mass is 444 g/mol. The van der Waals surface area contributed by atoms with Crippen molar-refractivity contribution in [2.75, 3.05) is 19.5 Å². The number of rotatable bonds is 7. The zero-order valence-corrected chi connectivity index (χ0v) is 18.3. The maximum atomic E-state index is 5.57. The predicted octanol–water partition coefficient (Wildman–Crippen LogP) is 5.64. The molecule has 0 fully saturated rings. The molecule has 5 rings (SSSR count). The van der Waals surface area contributed by atoms with Gasteiger partial charge in [0, 0.05) is 23.3 Å². The van der Waals surface area contributed by atoms with Crippen LogP contribution in [0.5, 0.6) is 11.5 Å². The first kappa shape index (κ1) is 20.0. The van der Waals surface area contributed by atoms with Gasteiger partial charge in [0.25, 0.3) is 0 Å². The number of benzene rings is 2. The van der Waals surface area contributed by atoms with E-state index in [1.54, 1.807) is 25.6 Å². The Balaban J connectivity index is 1.40. The van der Waals surface area contributed by atoms with Gasteiger partial charge in [-0.1, -0.05) is 35.5 Å². The molecule has 3 aromatic heterocycles. The molecule has 0 saturated carbocycles. The van der Waals surface area contributed by atoms with Gasteiger partial charge in [0.15, 0.2) is 11.6 Å². The second kappa shape index (κ2) is 8.68. The third-order valence-corrected chi connectivity index (χ3v) is 5.84. The van der Waals surface area contributed by atoms with Gasteiger partial charge in [-0.15, -0.1) is 11.3 Å². The van der Waals surface area contributed by atoms with E-state index in [9.17, 15) is 0 Å². The number of nitrogens with one attached hydrogen (secondary N) is 1. The molecular weight excluding hydrogens is 424 g/mol. The van der Waals surface area contributed by atoms with Gasteiger partial charge in [0.1, 0.15) is 27.8 Å². The van der Waals surface area contributed by atoms with Gasteiger partial charge in [-0.05, 0) is 23.6 Å². The fraction of sp³-hybridized carbons (Fsp3) is 0.125. The van der Waals surface area contributed by atoms with E-state index >= 15 is 0 Å². The van der Waals surface area contributed by atoms with Crippen LogP contribution in [-0.2, 0) is 6.54 Å². The minimum absolute atomic E-state index is 0.432. The topological polar surface area (TPSA) is 82.3 Å². The molecule has 7 nitrogen and oxygen atoms in total. The van der Waals surface area contributed by atoms with Gasteiger partial charge in [-0.3, -0.25) is 0 Å². The number of aromatic nitrogens is 3. The van der Waals surface area contributed by atoms with Gasteiger partial charge in [0.2, 0.25) is 0 Å². The Hall–Kier alpha value is -3.91. The molecule has 0 amide bonds. The molecule has 0 saturated heterocycles. The Kier molecular flexibility index (Phi) is 5.43. The first-order chi connectivity index (χ1) is 15.7. The van der Waals surface area contributed by atoms with E-state index in [4.69, 9.17) is 24.0 Å². The highest BCUT2D eigenvalue weighted by molar-refractivity contribution is 7.16. The van der Waals surface area contributed by atoms with Crippen LogP contribution in [0.25, 0.3) is 32.9 Å². The van der Waals surface area contributed by atoms with Gasteiger partial charge in [-0.2, -0.15) is 0 Å². The third kappa shape index (κ3) is 3.88. The van der Waals surface area contributed by atoms with Crippen molar-refractivity contribution in [3.05, 3.63) is 71.8 Å². The predicted molar refractivity (Wildman–Crippen MR) is 125 cm³/mol. The normalized spacial score (nSPS) is 10.9. The van der Waals surface area contributed by atoms with Crippen LogP contribution in [0.3, 0.4) is 0 Å². The minimum atomic E-state index is 0.432. The van der Waals surface area contributed by atoms with Crippen LogP contribution >= 0.6 is 11.3 Å². The average Bonchev–Trinajstić information content (AvgIpc) is 3.52. The molecule has 0 aliphatic rings. The Bertz CT molecular complexity index is 1360. The molecule has 160 valence electrons. The Morgan fingerprint density at radius 1 is 0.969 bits per heavy atom. The molecule has 0 bridgehead atoms. The Morgan fingerprint density at radius 2 is 1.84 bits per heavy atom. The number of thiophene rings is 1. The van der Waals surface area contributed by atoms with E-state index in [2.05, 4.69) is 10.5 Å². The summed E-state index contributed by atoms with van der Waals surface area (Å²) in [6.45, 7) is 0.432. The number of nitrogens with zero attached hydrogens (tertiary/aromatic N) is 3. The van der Waals surface area contributed by atoms with E-state index in [1.165, 1.54) is 0 Å². The summed E-state index contributed by atoms with van der Waals surface area (Å²) in [5.74, 6) is 3.51. The summed E-state index contributed by atoms with van der Waals surface area (Å²) >= 11 is 1.59. The second-order valence-electron chi connectivity index (χ2n) is 7.00. The van der Waals surface area contributed by atoms with E-state index < -0.39 is 0 Å². The van der Waals surface area contributed by atoms with Crippen LogP contribution in [-0.4, -0.2) is 29.3 Å². The van der Waals surface area contributed by atoms with Crippen molar-refractivity contribution in [1.82, 2.24) is 15.1 Å². The lowest BCUT2D eigenvalue weighted by Gasteiger charge is -2.08. The Labute approximate surface area is 188 Å². The van der Waals surface area contributed by atoms with Crippen LogP contribution in [0.1, 0.15) is 5.76 Å². The molecule has 0 atom stereocenters. The SMILES string of the molecule is COc1ccc(-c2cc(CNc3nc(-c4ccccc4)nc4sccc34)on2)c(OC)c1. The molecule has 0 unspecified atom stereocenters. The van der Waals surface area contributed by atoms with Crippen LogP contribution in [0.15, 0.2) is 70.6 Å². The quantitative estimate of drug-likeness (QED) is 0.348. The van der Waals surface area contributed by atoms with Crippen molar-refractivity contribution < 1.29 is 14.0 Å². The number of methoxy groups -OCH3 is 2. The maximum absolute atomic E-state index is 5.57. The average molecular weight is 445 g/mol. The fourth-order valence-electron chi connectivity index (χ4n) is 3.41. The van der Waals surface area contributed by atoms with Crippen molar-refractivity contribution in [1.29, 1.82) is 0 Å². The second-order valence-corrected chi connectivity index (χ2v) is 7.89. The fourth-order valence-corrected chi connectivity index (χ4v) is 4.17. The summed E-state index contributed by atoms with van der Waals surface area (Å²) in [7, 11) is 3.24. The minimum Gasteiger partial charge on any atom is -0.497 e. The van der Waals surface area contributed by atoms with Gasteiger partial charge >= 0.3 is 0 Å². The molecule has 32 heavy (non-hydrogen) atoms. The number of fused-ring (bicyclic) bond motifs is 1. The first-order valence-corrected chi connectivity index (χ1v) is 10.9.